The van der Waals surface area contributed by atoms with Crippen molar-refractivity contribution >= 4 is 5.78 Å². The van der Waals surface area contributed by atoms with Crippen LogP contribution in [0.4, 0.5) is 0 Å². The first-order valence-corrected chi connectivity index (χ1v) is 5.13. The molecule has 0 saturated carbocycles. The zero-order chi connectivity index (χ0) is 10.7. The van der Waals surface area contributed by atoms with Crippen molar-refractivity contribution in [1.29, 1.82) is 0 Å². The van der Waals surface area contributed by atoms with E-state index in [0.29, 0.717) is 6.61 Å². The highest BCUT2D eigenvalue weighted by Gasteiger charge is 2.16. The number of carbonyl (C=O) groups excluding carboxylic acids is 1. The third kappa shape index (κ3) is 2.43. The second-order valence-electron chi connectivity index (χ2n) is 3.67. The lowest BCUT2D eigenvalue weighted by Crippen LogP contribution is -2.28. The number of Topliss-reactive ketones (excluding diaryl/α,β-unsaturated/α-hetero) is 1. The van der Waals surface area contributed by atoms with Gasteiger partial charge in [0.15, 0.2) is 5.78 Å². The van der Waals surface area contributed by atoms with Crippen LogP contribution in [0.2, 0.25) is 0 Å². The summed E-state index contributed by atoms with van der Waals surface area (Å²) >= 11 is 0. The summed E-state index contributed by atoms with van der Waals surface area (Å²) in [4.78, 5) is 11.1. The van der Waals surface area contributed by atoms with E-state index in [0.717, 1.165) is 24.2 Å². The largest absolute Gasteiger partial charge is 0.371 e. The number of morpholine rings is 1. The van der Waals surface area contributed by atoms with Crippen LogP contribution in [-0.4, -0.2) is 25.5 Å². The minimum Gasteiger partial charge on any atom is -0.371 e. The molecular formula is C12H14NO2. The Kier molecular flexibility index (Phi) is 3.14. The molecular weight excluding hydrogens is 190 g/mol. The van der Waals surface area contributed by atoms with Crippen LogP contribution >= 0.6 is 0 Å². The fraction of sp³-hybridized carbons (Fsp3) is 0.417. The molecule has 3 heteroatoms. The maximum atomic E-state index is 11.1. The van der Waals surface area contributed by atoms with Gasteiger partial charge in [-0.2, -0.15) is 0 Å². The van der Waals surface area contributed by atoms with E-state index < -0.39 is 0 Å². The highest BCUT2D eigenvalue weighted by Crippen LogP contribution is 2.19. The van der Waals surface area contributed by atoms with Crippen molar-refractivity contribution in [3.8, 4) is 0 Å². The van der Waals surface area contributed by atoms with E-state index in [-0.39, 0.29) is 11.9 Å². The molecule has 1 aromatic rings. The van der Waals surface area contributed by atoms with Gasteiger partial charge in [0, 0.05) is 18.7 Å². The van der Waals surface area contributed by atoms with Crippen LogP contribution in [0.1, 0.15) is 28.9 Å². The molecule has 1 fully saturated rings. The van der Waals surface area contributed by atoms with E-state index in [1.54, 1.807) is 6.92 Å². The predicted octanol–water partition coefficient (Wildman–Crippen LogP) is 1.56. The zero-order valence-electron chi connectivity index (χ0n) is 8.77. The van der Waals surface area contributed by atoms with Gasteiger partial charge in [-0.05, 0) is 12.5 Å². The standard InChI is InChI=1S/C12H14NO2/c1-9(14)10-2-4-11(5-3-10)12-8-13-6-7-15-12/h2-5,12H,6-8H2,1H3. The zero-order valence-corrected chi connectivity index (χ0v) is 8.77. The van der Waals surface area contributed by atoms with Crippen LogP contribution < -0.4 is 5.32 Å². The molecule has 79 valence electrons. The number of hydrogen-bond donors (Lipinski definition) is 0. The summed E-state index contributed by atoms with van der Waals surface area (Å²) < 4.78 is 5.59. The normalized spacial score (nSPS) is 21.3. The van der Waals surface area contributed by atoms with Gasteiger partial charge in [0.2, 0.25) is 0 Å². The lowest BCUT2D eigenvalue weighted by Gasteiger charge is -2.22. The summed E-state index contributed by atoms with van der Waals surface area (Å²) in [5.41, 5.74) is 1.84. The maximum Gasteiger partial charge on any atom is 0.159 e. The van der Waals surface area contributed by atoms with Crippen LogP contribution in [0, 0.1) is 0 Å². The maximum absolute atomic E-state index is 11.1. The molecule has 1 aromatic carbocycles. The molecule has 2 rings (SSSR count). The molecule has 1 heterocycles. The van der Waals surface area contributed by atoms with Gasteiger partial charge >= 0.3 is 0 Å². The number of carbonyl (C=O) groups is 1. The summed E-state index contributed by atoms with van der Waals surface area (Å²) in [6.45, 7) is 3.78. The van der Waals surface area contributed by atoms with Crippen molar-refractivity contribution in [2.75, 3.05) is 19.7 Å². The van der Waals surface area contributed by atoms with Gasteiger partial charge < -0.3 is 4.74 Å². The van der Waals surface area contributed by atoms with Gasteiger partial charge in [0.25, 0.3) is 0 Å². The molecule has 1 radical (unpaired) electrons. The van der Waals surface area contributed by atoms with Gasteiger partial charge in [0.05, 0.1) is 12.7 Å². The van der Waals surface area contributed by atoms with E-state index in [4.69, 9.17) is 4.74 Å². The smallest absolute Gasteiger partial charge is 0.159 e. The van der Waals surface area contributed by atoms with Crippen molar-refractivity contribution in [3.63, 3.8) is 0 Å². The van der Waals surface area contributed by atoms with Gasteiger partial charge in [0.1, 0.15) is 0 Å². The van der Waals surface area contributed by atoms with Crippen LogP contribution in [-0.2, 0) is 4.74 Å². The predicted molar refractivity (Wildman–Crippen MR) is 57.0 cm³/mol. The first kappa shape index (κ1) is 10.3. The number of hydrogen-bond acceptors (Lipinski definition) is 2. The number of ether oxygens (including phenoxy) is 1. The van der Waals surface area contributed by atoms with Crippen molar-refractivity contribution in [3.05, 3.63) is 35.4 Å². The molecule has 0 bridgehead atoms. The quantitative estimate of drug-likeness (QED) is 0.686. The SMILES string of the molecule is CC(=O)c1ccc(C2C[N]CCO2)cc1. The van der Waals surface area contributed by atoms with Gasteiger partial charge in [-0.3, -0.25) is 4.79 Å². The molecule has 1 saturated heterocycles. The van der Waals surface area contributed by atoms with Crippen molar-refractivity contribution in [2.45, 2.75) is 13.0 Å². The molecule has 0 aromatic heterocycles. The molecule has 0 aliphatic carbocycles. The Morgan fingerprint density at radius 1 is 1.40 bits per heavy atom. The molecule has 1 unspecified atom stereocenters. The fourth-order valence-electron chi connectivity index (χ4n) is 1.65. The molecule has 15 heavy (non-hydrogen) atoms. The Bertz CT molecular complexity index is 339. The Morgan fingerprint density at radius 2 is 2.13 bits per heavy atom. The van der Waals surface area contributed by atoms with E-state index in [1.807, 2.05) is 24.3 Å². The Labute approximate surface area is 89.4 Å². The third-order valence-corrected chi connectivity index (χ3v) is 2.55. The summed E-state index contributed by atoms with van der Waals surface area (Å²) in [7, 11) is 0. The van der Waals surface area contributed by atoms with Gasteiger partial charge in [-0.1, -0.05) is 24.3 Å². The summed E-state index contributed by atoms with van der Waals surface area (Å²) in [6, 6.07) is 7.58. The molecule has 0 spiro atoms. The second kappa shape index (κ2) is 4.55. The summed E-state index contributed by atoms with van der Waals surface area (Å²) in [5, 5.41) is 4.30. The highest BCUT2D eigenvalue weighted by atomic mass is 16.5. The van der Waals surface area contributed by atoms with Crippen molar-refractivity contribution in [2.24, 2.45) is 0 Å². The van der Waals surface area contributed by atoms with E-state index in [9.17, 15) is 4.79 Å². The number of rotatable bonds is 2. The first-order chi connectivity index (χ1) is 7.27. The molecule has 1 aliphatic rings. The Balaban J connectivity index is 2.11. The highest BCUT2D eigenvalue weighted by molar-refractivity contribution is 5.94. The topological polar surface area (TPSA) is 40.4 Å². The summed E-state index contributed by atoms with van der Waals surface area (Å²) in [5.74, 6) is 0.0933. The average Bonchev–Trinajstić information content (AvgIpc) is 2.30. The molecule has 1 aliphatic heterocycles. The minimum atomic E-state index is 0.0692. The van der Waals surface area contributed by atoms with Crippen LogP contribution in [0.5, 0.6) is 0 Å². The second-order valence-corrected chi connectivity index (χ2v) is 3.67. The average molecular weight is 204 g/mol. The van der Waals surface area contributed by atoms with Gasteiger partial charge in [-0.25, -0.2) is 5.32 Å². The lowest BCUT2D eigenvalue weighted by molar-refractivity contribution is 0.0260. The molecule has 3 nitrogen and oxygen atoms in total. The van der Waals surface area contributed by atoms with Crippen LogP contribution in [0.15, 0.2) is 24.3 Å². The Morgan fingerprint density at radius 3 is 2.67 bits per heavy atom. The Hall–Kier alpha value is -1.19. The van der Waals surface area contributed by atoms with Crippen LogP contribution in [0.3, 0.4) is 0 Å². The fourth-order valence-corrected chi connectivity index (χ4v) is 1.65. The molecule has 0 amide bonds. The van der Waals surface area contributed by atoms with E-state index in [1.165, 1.54) is 0 Å². The number of benzene rings is 1. The van der Waals surface area contributed by atoms with Crippen molar-refractivity contribution in [1.82, 2.24) is 5.32 Å². The molecule has 0 N–H and O–H groups in total. The van der Waals surface area contributed by atoms with Gasteiger partial charge in [-0.15, -0.1) is 0 Å². The van der Waals surface area contributed by atoms with Crippen molar-refractivity contribution < 1.29 is 9.53 Å². The first-order valence-electron chi connectivity index (χ1n) is 5.13. The van der Waals surface area contributed by atoms with E-state index >= 15 is 0 Å². The van der Waals surface area contributed by atoms with E-state index in [2.05, 4.69) is 5.32 Å². The lowest BCUT2D eigenvalue weighted by atomic mass is 10.0. The third-order valence-electron chi connectivity index (χ3n) is 2.55. The summed E-state index contributed by atoms with van der Waals surface area (Å²) in [6.07, 6.45) is 0.0692. The number of ketones is 1. The monoisotopic (exact) mass is 204 g/mol. The molecule has 1 atom stereocenters. The minimum absolute atomic E-state index is 0.0692. The van der Waals surface area contributed by atoms with Crippen LogP contribution in [0.25, 0.3) is 0 Å². The number of nitrogens with zero attached hydrogens (tertiary/aromatic N) is 1.